The molecule has 2 aromatic carbocycles. The van der Waals surface area contributed by atoms with E-state index in [-0.39, 0.29) is 5.76 Å². The molecule has 1 N–H and O–H groups in total. The first-order valence-electron chi connectivity index (χ1n) is 10.4. The minimum absolute atomic E-state index is 0.149. The molecule has 0 bridgehead atoms. The Morgan fingerprint density at radius 1 is 1.09 bits per heavy atom. The van der Waals surface area contributed by atoms with Crippen LogP contribution in [0.1, 0.15) is 35.0 Å². The number of hydrogen-bond donors (Lipinski definition) is 1. The molecule has 1 fully saturated rings. The number of benzene rings is 2. The number of ketones is 1. The predicted octanol–water partition coefficient (Wildman–Crippen LogP) is 3.55. The Balaban J connectivity index is 1.41. The molecule has 0 saturated carbocycles. The van der Waals surface area contributed by atoms with Gasteiger partial charge in [0.2, 0.25) is 5.78 Å². The Morgan fingerprint density at radius 2 is 1.84 bits per heavy atom. The number of urea groups is 1. The van der Waals surface area contributed by atoms with Crippen LogP contribution in [0.25, 0.3) is 11.0 Å². The Kier molecular flexibility index (Phi) is 4.65. The van der Waals surface area contributed by atoms with E-state index in [0.717, 1.165) is 16.7 Å². The fraction of sp³-hybridized carbons (Fsp3) is 0.292. The minimum Gasteiger partial charge on any atom is -0.490 e. The van der Waals surface area contributed by atoms with Crippen LogP contribution in [-0.2, 0) is 10.3 Å². The molecule has 8 nitrogen and oxygen atoms in total. The van der Waals surface area contributed by atoms with Crippen molar-refractivity contribution in [2.24, 2.45) is 0 Å². The SMILES string of the molecule is Cc1c(C(=O)CN2C(=O)N[C@@](C)(c3ccc4c(c3)OCCCO4)C2=O)oc2ccccc12. The number of furan rings is 1. The van der Waals surface area contributed by atoms with E-state index in [1.165, 1.54) is 0 Å². The summed E-state index contributed by atoms with van der Waals surface area (Å²) in [6.45, 7) is 4.04. The monoisotopic (exact) mass is 434 g/mol. The quantitative estimate of drug-likeness (QED) is 0.498. The van der Waals surface area contributed by atoms with Crippen molar-refractivity contribution in [3.63, 3.8) is 0 Å². The summed E-state index contributed by atoms with van der Waals surface area (Å²) in [6, 6.07) is 11.8. The van der Waals surface area contributed by atoms with Gasteiger partial charge in [0.15, 0.2) is 17.3 Å². The third-order valence-electron chi connectivity index (χ3n) is 6.00. The number of nitrogens with zero attached hydrogens (tertiary/aromatic N) is 1. The van der Waals surface area contributed by atoms with Crippen molar-refractivity contribution in [2.45, 2.75) is 25.8 Å². The molecule has 32 heavy (non-hydrogen) atoms. The van der Waals surface area contributed by atoms with Gasteiger partial charge in [-0.15, -0.1) is 0 Å². The van der Waals surface area contributed by atoms with Gasteiger partial charge >= 0.3 is 6.03 Å². The zero-order valence-corrected chi connectivity index (χ0v) is 17.8. The van der Waals surface area contributed by atoms with E-state index in [9.17, 15) is 14.4 Å². The van der Waals surface area contributed by atoms with Crippen LogP contribution in [0, 0.1) is 6.92 Å². The minimum atomic E-state index is -1.33. The second-order valence-electron chi connectivity index (χ2n) is 8.13. The molecule has 3 aromatic rings. The Morgan fingerprint density at radius 3 is 2.62 bits per heavy atom. The first-order chi connectivity index (χ1) is 15.4. The van der Waals surface area contributed by atoms with Crippen LogP contribution >= 0.6 is 0 Å². The lowest BCUT2D eigenvalue weighted by molar-refractivity contribution is -0.130. The molecule has 1 atom stereocenters. The highest BCUT2D eigenvalue weighted by atomic mass is 16.5. The number of carbonyl (C=O) groups excluding carboxylic acids is 3. The van der Waals surface area contributed by atoms with Gasteiger partial charge in [0.25, 0.3) is 5.91 Å². The topological polar surface area (TPSA) is 98.1 Å². The summed E-state index contributed by atoms with van der Waals surface area (Å²) in [5, 5.41) is 3.55. The molecule has 8 heteroatoms. The summed E-state index contributed by atoms with van der Waals surface area (Å²) in [5.74, 6) is 0.315. The van der Waals surface area contributed by atoms with Crippen LogP contribution in [0.2, 0.25) is 0 Å². The summed E-state index contributed by atoms with van der Waals surface area (Å²) in [7, 11) is 0. The number of hydrogen-bond acceptors (Lipinski definition) is 6. The lowest BCUT2D eigenvalue weighted by Crippen LogP contribution is -2.41. The van der Waals surface area contributed by atoms with Gasteiger partial charge in [0, 0.05) is 17.4 Å². The van der Waals surface area contributed by atoms with Gasteiger partial charge in [-0.2, -0.15) is 0 Å². The molecule has 0 unspecified atom stereocenters. The number of aryl methyl sites for hydroxylation is 1. The highest BCUT2D eigenvalue weighted by molar-refractivity contribution is 6.11. The third-order valence-corrected chi connectivity index (χ3v) is 6.00. The summed E-state index contributed by atoms with van der Waals surface area (Å²) in [4.78, 5) is 39.9. The van der Waals surface area contributed by atoms with E-state index in [4.69, 9.17) is 13.9 Å². The lowest BCUT2D eigenvalue weighted by Gasteiger charge is -2.23. The van der Waals surface area contributed by atoms with Crippen LogP contribution in [0.5, 0.6) is 11.5 Å². The highest BCUT2D eigenvalue weighted by Crippen LogP contribution is 2.37. The summed E-state index contributed by atoms with van der Waals surface area (Å²) in [6.07, 6.45) is 0.758. The fourth-order valence-corrected chi connectivity index (χ4v) is 4.17. The molecule has 164 valence electrons. The molecule has 0 aliphatic carbocycles. The van der Waals surface area contributed by atoms with Crippen molar-refractivity contribution in [3.8, 4) is 11.5 Å². The largest absolute Gasteiger partial charge is 0.490 e. The zero-order chi connectivity index (χ0) is 22.5. The van der Waals surface area contributed by atoms with Gasteiger partial charge in [0.05, 0.1) is 19.8 Å². The highest BCUT2D eigenvalue weighted by Gasteiger charge is 2.50. The summed E-state index contributed by atoms with van der Waals surface area (Å²) in [5.41, 5.74) is 0.492. The van der Waals surface area contributed by atoms with E-state index >= 15 is 0 Å². The van der Waals surface area contributed by atoms with Crippen molar-refractivity contribution in [2.75, 3.05) is 19.8 Å². The molecule has 2 aliphatic rings. The molecule has 2 aliphatic heterocycles. The molecule has 3 heterocycles. The van der Waals surface area contributed by atoms with Crippen molar-refractivity contribution in [1.82, 2.24) is 10.2 Å². The standard InChI is InChI=1S/C24H22N2O6/c1-14-16-6-3-4-7-18(16)32-21(14)17(27)13-26-22(28)24(2,25-23(26)29)15-8-9-19-20(12-15)31-11-5-10-30-19/h3-4,6-9,12H,5,10-11,13H2,1-2H3,(H,25,29)/t24-/m0/s1. The number of imide groups is 1. The second-order valence-corrected chi connectivity index (χ2v) is 8.13. The number of carbonyl (C=O) groups is 3. The average molecular weight is 434 g/mol. The molecule has 0 radical (unpaired) electrons. The fourth-order valence-electron chi connectivity index (χ4n) is 4.17. The summed E-state index contributed by atoms with van der Waals surface area (Å²) < 4.78 is 17.1. The third kappa shape index (κ3) is 3.10. The Labute approximate surface area is 184 Å². The van der Waals surface area contributed by atoms with Gasteiger partial charge in [0.1, 0.15) is 11.1 Å². The maximum absolute atomic E-state index is 13.3. The number of para-hydroxylation sites is 1. The molecular formula is C24H22N2O6. The van der Waals surface area contributed by atoms with Gasteiger partial charge in [-0.25, -0.2) is 4.79 Å². The number of Topliss-reactive ketones (excluding diaryl/α,β-unsaturated/α-hetero) is 1. The molecule has 3 amide bonds. The predicted molar refractivity (Wildman–Crippen MR) is 115 cm³/mol. The lowest BCUT2D eigenvalue weighted by atomic mass is 9.91. The number of amides is 3. The van der Waals surface area contributed by atoms with E-state index in [1.54, 1.807) is 38.1 Å². The van der Waals surface area contributed by atoms with E-state index in [2.05, 4.69) is 5.32 Å². The van der Waals surface area contributed by atoms with Crippen LogP contribution in [0.15, 0.2) is 46.9 Å². The van der Waals surface area contributed by atoms with Crippen molar-refractivity contribution in [3.05, 3.63) is 59.4 Å². The maximum atomic E-state index is 13.3. The number of rotatable bonds is 4. The van der Waals surface area contributed by atoms with Crippen LogP contribution < -0.4 is 14.8 Å². The Hall–Kier alpha value is -3.81. The summed E-state index contributed by atoms with van der Waals surface area (Å²) >= 11 is 0. The number of fused-ring (bicyclic) bond motifs is 2. The Bertz CT molecular complexity index is 1260. The van der Waals surface area contributed by atoms with Gasteiger partial charge < -0.3 is 19.2 Å². The van der Waals surface area contributed by atoms with Gasteiger partial charge in [-0.05, 0) is 37.6 Å². The normalized spacial score (nSPS) is 20.4. The van der Waals surface area contributed by atoms with Crippen molar-refractivity contribution in [1.29, 1.82) is 0 Å². The van der Waals surface area contributed by atoms with Crippen LogP contribution in [0.3, 0.4) is 0 Å². The van der Waals surface area contributed by atoms with Crippen LogP contribution in [-0.4, -0.2) is 42.4 Å². The van der Waals surface area contributed by atoms with E-state index in [0.29, 0.717) is 41.4 Å². The molecule has 1 saturated heterocycles. The average Bonchev–Trinajstić information content (AvgIpc) is 3.10. The zero-order valence-electron chi connectivity index (χ0n) is 17.8. The molecule has 5 rings (SSSR count). The van der Waals surface area contributed by atoms with Crippen molar-refractivity contribution >= 4 is 28.7 Å². The first kappa shape index (κ1) is 20.1. The number of ether oxygens (including phenoxy) is 2. The van der Waals surface area contributed by atoms with Gasteiger partial charge in [-0.1, -0.05) is 24.3 Å². The number of nitrogens with one attached hydrogen (secondary N) is 1. The van der Waals surface area contributed by atoms with E-state index in [1.807, 2.05) is 18.2 Å². The molecule has 0 spiro atoms. The van der Waals surface area contributed by atoms with E-state index < -0.39 is 29.8 Å². The molecular weight excluding hydrogens is 412 g/mol. The maximum Gasteiger partial charge on any atom is 0.325 e. The smallest absolute Gasteiger partial charge is 0.325 e. The first-order valence-corrected chi connectivity index (χ1v) is 10.4. The van der Waals surface area contributed by atoms with Gasteiger partial charge in [-0.3, -0.25) is 14.5 Å². The second kappa shape index (κ2) is 7.40. The van der Waals surface area contributed by atoms with Crippen molar-refractivity contribution < 1.29 is 28.3 Å². The molecule has 1 aromatic heterocycles. The van der Waals surface area contributed by atoms with Crippen LogP contribution in [0.4, 0.5) is 4.79 Å².